The first-order valence-corrected chi connectivity index (χ1v) is 12.0. The van der Waals surface area contributed by atoms with Crippen LogP contribution < -0.4 is 15.1 Å². The van der Waals surface area contributed by atoms with Gasteiger partial charge >= 0.3 is 0 Å². The molecule has 3 aromatic rings. The second-order valence-electron chi connectivity index (χ2n) is 9.14. The molecule has 1 aromatic heterocycles. The molecule has 0 unspecified atom stereocenters. The van der Waals surface area contributed by atoms with Crippen LogP contribution in [-0.4, -0.2) is 61.5 Å². The van der Waals surface area contributed by atoms with E-state index in [9.17, 15) is 18.7 Å². The summed E-state index contributed by atoms with van der Waals surface area (Å²) in [7, 11) is 0. The van der Waals surface area contributed by atoms with Crippen molar-refractivity contribution in [3.63, 3.8) is 0 Å². The van der Waals surface area contributed by atoms with Crippen LogP contribution in [0.25, 0.3) is 11.1 Å². The molecule has 0 spiro atoms. The van der Waals surface area contributed by atoms with E-state index >= 15 is 0 Å². The van der Waals surface area contributed by atoms with Crippen LogP contribution in [0.2, 0.25) is 0 Å². The Morgan fingerprint density at radius 2 is 1.78 bits per heavy atom. The van der Waals surface area contributed by atoms with Crippen LogP contribution in [0.1, 0.15) is 27.9 Å². The number of carbonyl (C=O) groups excluding carboxylic acids is 1. The molecule has 2 aromatic carbocycles. The van der Waals surface area contributed by atoms with E-state index in [0.717, 1.165) is 41.4 Å². The molecule has 2 N–H and O–H groups in total. The van der Waals surface area contributed by atoms with E-state index in [1.807, 2.05) is 36.1 Å². The number of hydrogen-bond acceptors (Lipinski definition) is 6. The zero-order valence-corrected chi connectivity index (χ0v) is 20.0. The number of rotatable bonds is 6. The van der Waals surface area contributed by atoms with Crippen molar-refractivity contribution in [2.75, 3.05) is 54.5 Å². The monoisotopic (exact) mass is 494 g/mol. The number of hydrogen-bond donors (Lipinski definition) is 2. The van der Waals surface area contributed by atoms with Gasteiger partial charge in [0, 0.05) is 43.0 Å². The van der Waals surface area contributed by atoms with Crippen molar-refractivity contribution < 1.29 is 23.4 Å². The van der Waals surface area contributed by atoms with E-state index in [2.05, 4.69) is 10.2 Å². The van der Waals surface area contributed by atoms with Gasteiger partial charge in [-0.2, -0.15) is 0 Å². The quantitative estimate of drug-likeness (QED) is 0.533. The summed E-state index contributed by atoms with van der Waals surface area (Å²) in [6, 6.07) is 15.1. The number of β-amino-alcohol motifs (C(OH)–C–C–N with tert-alkyl or cyclic N) is 1. The fourth-order valence-electron chi connectivity index (χ4n) is 4.45. The van der Waals surface area contributed by atoms with Gasteiger partial charge in [0.1, 0.15) is 11.6 Å². The summed E-state index contributed by atoms with van der Waals surface area (Å²) in [5, 5.41) is 12.6. The third kappa shape index (κ3) is 5.17. The number of aliphatic hydroxyl groups excluding tert-OH is 1. The van der Waals surface area contributed by atoms with Crippen molar-refractivity contribution in [3.8, 4) is 11.1 Å². The van der Waals surface area contributed by atoms with Crippen LogP contribution in [0.5, 0.6) is 0 Å². The standard InChI is InChI=1S/C27H28F2N4O3/c1-17-5-6-21(30-27(35)19-4-2-3-18(11-19)26(28)29)14-23(17)20-12-24(32-7-9-36-10-8-32)31-25(13-20)33-15-22(34)16-33/h2-6,11-14,22,26,34H,7-10,15-16H2,1H3,(H,30,35). The minimum Gasteiger partial charge on any atom is -0.389 e. The van der Waals surface area contributed by atoms with Gasteiger partial charge in [-0.3, -0.25) is 4.79 Å². The Kier molecular flexibility index (Phi) is 6.84. The Labute approximate surface area is 208 Å². The molecule has 7 nitrogen and oxygen atoms in total. The molecule has 5 rings (SSSR count). The molecule has 2 aliphatic rings. The number of aromatic nitrogens is 1. The maximum atomic E-state index is 13.1. The van der Waals surface area contributed by atoms with Crippen molar-refractivity contribution in [1.82, 2.24) is 4.98 Å². The Morgan fingerprint density at radius 3 is 2.47 bits per heavy atom. The average molecular weight is 495 g/mol. The second-order valence-corrected chi connectivity index (χ2v) is 9.14. The highest BCUT2D eigenvalue weighted by Gasteiger charge is 2.27. The van der Waals surface area contributed by atoms with Crippen LogP contribution in [0, 0.1) is 6.92 Å². The number of aliphatic hydroxyl groups is 1. The Hall–Kier alpha value is -3.56. The SMILES string of the molecule is Cc1ccc(NC(=O)c2cccc(C(F)F)c2)cc1-c1cc(N2CCOCC2)nc(N2CC(O)C2)c1. The lowest BCUT2D eigenvalue weighted by Crippen LogP contribution is -2.51. The molecule has 2 saturated heterocycles. The maximum absolute atomic E-state index is 13.1. The van der Waals surface area contributed by atoms with Gasteiger partial charge in [-0.1, -0.05) is 18.2 Å². The third-order valence-electron chi connectivity index (χ3n) is 6.53. The first kappa shape index (κ1) is 24.1. The van der Waals surface area contributed by atoms with E-state index < -0.39 is 12.3 Å². The Bertz CT molecular complexity index is 1260. The summed E-state index contributed by atoms with van der Waals surface area (Å²) in [6.07, 6.45) is -3.00. The predicted molar refractivity (Wildman–Crippen MR) is 135 cm³/mol. The summed E-state index contributed by atoms with van der Waals surface area (Å²) in [5.41, 5.74) is 3.43. The lowest BCUT2D eigenvalue weighted by molar-refractivity contribution is 0.102. The van der Waals surface area contributed by atoms with E-state index in [4.69, 9.17) is 9.72 Å². The number of halogens is 2. The van der Waals surface area contributed by atoms with E-state index in [-0.39, 0.29) is 17.2 Å². The van der Waals surface area contributed by atoms with Crippen molar-refractivity contribution in [1.29, 1.82) is 0 Å². The summed E-state index contributed by atoms with van der Waals surface area (Å²) >= 11 is 0. The van der Waals surface area contributed by atoms with Gasteiger partial charge in [0.05, 0.1) is 19.3 Å². The van der Waals surface area contributed by atoms with Gasteiger partial charge in [0.2, 0.25) is 0 Å². The van der Waals surface area contributed by atoms with Crippen molar-refractivity contribution in [2.45, 2.75) is 19.5 Å². The van der Waals surface area contributed by atoms with Gasteiger partial charge in [-0.15, -0.1) is 0 Å². The number of nitrogens with zero attached hydrogens (tertiary/aromatic N) is 3. The van der Waals surface area contributed by atoms with Gasteiger partial charge in [0.15, 0.2) is 0 Å². The Balaban J connectivity index is 1.46. The first-order valence-electron chi connectivity index (χ1n) is 12.0. The first-order chi connectivity index (χ1) is 17.4. The molecule has 36 heavy (non-hydrogen) atoms. The highest BCUT2D eigenvalue weighted by molar-refractivity contribution is 6.04. The second kappa shape index (κ2) is 10.2. The molecule has 1 amide bonds. The fraction of sp³-hybridized carbons (Fsp3) is 0.333. The number of pyridine rings is 1. The topological polar surface area (TPSA) is 77.9 Å². The lowest BCUT2D eigenvalue weighted by atomic mass is 9.99. The lowest BCUT2D eigenvalue weighted by Gasteiger charge is -2.38. The molecule has 0 saturated carbocycles. The zero-order chi connectivity index (χ0) is 25.2. The van der Waals surface area contributed by atoms with Gasteiger partial charge in [-0.05, 0) is 60.0 Å². The zero-order valence-electron chi connectivity index (χ0n) is 20.0. The molecule has 0 bridgehead atoms. The molecule has 188 valence electrons. The summed E-state index contributed by atoms with van der Waals surface area (Å²) in [4.78, 5) is 21.9. The smallest absolute Gasteiger partial charge is 0.263 e. The van der Waals surface area contributed by atoms with E-state index in [1.165, 1.54) is 24.3 Å². The molecule has 3 heterocycles. The highest BCUT2D eigenvalue weighted by atomic mass is 19.3. The number of benzene rings is 2. The minimum absolute atomic E-state index is 0.173. The number of aryl methyl sites for hydroxylation is 1. The maximum Gasteiger partial charge on any atom is 0.263 e. The number of amides is 1. The number of anilines is 3. The van der Waals surface area contributed by atoms with Crippen LogP contribution in [-0.2, 0) is 4.74 Å². The van der Waals surface area contributed by atoms with Crippen molar-refractivity contribution >= 4 is 23.2 Å². The van der Waals surface area contributed by atoms with Gasteiger partial charge in [0.25, 0.3) is 12.3 Å². The minimum atomic E-state index is -2.64. The van der Waals surface area contributed by atoms with Crippen LogP contribution in [0.15, 0.2) is 54.6 Å². The molecule has 2 fully saturated rings. The summed E-state index contributed by atoms with van der Waals surface area (Å²) in [6.45, 7) is 5.82. The summed E-state index contributed by atoms with van der Waals surface area (Å²) in [5.74, 6) is 1.17. The molecule has 0 atom stereocenters. The number of carbonyl (C=O) groups is 1. The third-order valence-corrected chi connectivity index (χ3v) is 6.53. The highest BCUT2D eigenvalue weighted by Crippen LogP contribution is 2.33. The number of nitrogens with one attached hydrogen (secondary N) is 1. The molecular formula is C27H28F2N4O3. The van der Waals surface area contributed by atoms with E-state index in [0.29, 0.717) is 32.0 Å². The van der Waals surface area contributed by atoms with Crippen LogP contribution >= 0.6 is 0 Å². The van der Waals surface area contributed by atoms with Crippen molar-refractivity contribution in [3.05, 3.63) is 71.3 Å². The van der Waals surface area contributed by atoms with Gasteiger partial charge in [-0.25, -0.2) is 13.8 Å². The molecule has 0 radical (unpaired) electrons. The molecule has 9 heteroatoms. The van der Waals surface area contributed by atoms with Crippen molar-refractivity contribution in [2.24, 2.45) is 0 Å². The Morgan fingerprint density at radius 1 is 1.06 bits per heavy atom. The number of ether oxygens (including phenoxy) is 1. The molecular weight excluding hydrogens is 466 g/mol. The largest absolute Gasteiger partial charge is 0.389 e. The number of morpholine rings is 1. The summed E-state index contributed by atoms with van der Waals surface area (Å²) < 4.78 is 31.6. The van der Waals surface area contributed by atoms with Gasteiger partial charge < -0.3 is 25.0 Å². The van der Waals surface area contributed by atoms with Crippen LogP contribution in [0.4, 0.5) is 26.1 Å². The average Bonchev–Trinajstić information content (AvgIpc) is 2.88. The number of alkyl halides is 2. The molecule has 0 aliphatic carbocycles. The predicted octanol–water partition coefficient (Wildman–Crippen LogP) is 4.26. The fourth-order valence-corrected chi connectivity index (χ4v) is 4.45. The van der Waals surface area contributed by atoms with Crippen LogP contribution in [0.3, 0.4) is 0 Å². The normalized spacial score (nSPS) is 16.2. The van der Waals surface area contributed by atoms with E-state index in [1.54, 1.807) is 6.07 Å². The molecule has 2 aliphatic heterocycles.